The van der Waals surface area contributed by atoms with Gasteiger partial charge in [0.25, 0.3) is 0 Å². The summed E-state index contributed by atoms with van der Waals surface area (Å²) in [5.74, 6) is 1.95. The molecule has 0 aliphatic carbocycles. The number of methoxy groups -OCH3 is 1. The lowest BCUT2D eigenvalue weighted by Crippen LogP contribution is -2.54. The predicted octanol–water partition coefficient (Wildman–Crippen LogP) is 2.18. The molecule has 28 heavy (non-hydrogen) atoms. The van der Waals surface area contributed by atoms with E-state index in [-0.39, 0.29) is 22.7 Å². The zero-order valence-electron chi connectivity index (χ0n) is 16.8. The van der Waals surface area contributed by atoms with E-state index < -0.39 is 0 Å². The largest absolute Gasteiger partial charge is 0.496 e. The summed E-state index contributed by atoms with van der Waals surface area (Å²) >= 11 is 1.84. The number of hydrogen-bond acceptors (Lipinski definition) is 5. The average Bonchev–Trinajstić information content (AvgIpc) is 3.12. The number of thioether (sulfide) groups is 1. The van der Waals surface area contributed by atoms with Crippen LogP contribution in [0, 0.1) is 0 Å². The van der Waals surface area contributed by atoms with Crippen molar-refractivity contribution in [3.05, 3.63) is 29.8 Å². The minimum atomic E-state index is -0.166. The molecule has 2 fully saturated rings. The van der Waals surface area contributed by atoms with Gasteiger partial charge in [-0.15, -0.1) is 11.8 Å². The molecular formula is C21H31N3O3S. The number of hydrogen-bond donors (Lipinski definition) is 2. The Bertz CT molecular complexity index is 689. The first kappa shape index (κ1) is 21.0. The summed E-state index contributed by atoms with van der Waals surface area (Å²) in [5, 5.41) is 6.61. The molecule has 2 amide bonds. The van der Waals surface area contributed by atoms with E-state index >= 15 is 0 Å². The molecule has 2 N–H and O–H groups in total. The van der Waals surface area contributed by atoms with Crippen LogP contribution in [0.1, 0.15) is 38.2 Å². The summed E-state index contributed by atoms with van der Waals surface area (Å²) in [6, 6.07) is 7.73. The Morgan fingerprint density at radius 1 is 1.32 bits per heavy atom. The van der Waals surface area contributed by atoms with Gasteiger partial charge in [-0.3, -0.25) is 14.9 Å². The van der Waals surface area contributed by atoms with Gasteiger partial charge in [-0.25, -0.2) is 0 Å². The molecule has 1 spiro atoms. The van der Waals surface area contributed by atoms with Crippen molar-refractivity contribution in [2.45, 2.75) is 49.9 Å². The SMILES string of the molecule is CCCC(=O)N1CCC2(CC1)NC(C(=O)NCCc1ccccc1OC)CS2. The Morgan fingerprint density at radius 2 is 2.07 bits per heavy atom. The van der Waals surface area contributed by atoms with Gasteiger partial charge < -0.3 is 15.0 Å². The fourth-order valence-electron chi connectivity index (χ4n) is 3.92. The van der Waals surface area contributed by atoms with Crippen molar-refractivity contribution in [3.63, 3.8) is 0 Å². The van der Waals surface area contributed by atoms with E-state index in [0.29, 0.717) is 13.0 Å². The Morgan fingerprint density at radius 3 is 2.79 bits per heavy atom. The minimum Gasteiger partial charge on any atom is -0.496 e. The van der Waals surface area contributed by atoms with Gasteiger partial charge in [0.2, 0.25) is 11.8 Å². The van der Waals surface area contributed by atoms with Crippen LogP contribution in [0.5, 0.6) is 5.75 Å². The molecule has 3 rings (SSSR count). The predicted molar refractivity (Wildman–Crippen MR) is 113 cm³/mol. The quantitative estimate of drug-likeness (QED) is 0.728. The van der Waals surface area contributed by atoms with Crippen LogP contribution in [0.3, 0.4) is 0 Å². The smallest absolute Gasteiger partial charge is 0.238 e. The molecule has 1 aromatic rings. The fraction of sp³-hybridized carbons (Fsp3) is 0.619. The first-order valence-corrected chi connectivity index (χ1v) is 11.1. The van der Waals surface area contributed by atoms with Gasteiger partial charge >= 0.3 is 0 Å². The van der Waals surface area contributed by atoms with Crippen LogP contribution in [0.15, 0.2) is 24.3 Å². The molecule has 2 saturated heterocycles. The number of benzene rings is 1. The highest BCUT2D eigenvalue weighted by atomic mass is 32.2. The topological polar surface area (TPSA) is 70.7 Å². The summed E-state index contributed by atoms with van der Waals surface area (Å²) in [6.45, 7) is 4.19. The van der Waals surface area contributed by atoms with Crippen LogP contribution in [-0.2, 0) is 16.0 Å². The second-order valence-corrected chi connectivity index (χ2v) is 8.89. The summed E-state index contributed by atoms with van der Waals surface area (Å²) in [4.78, 5) is 26.6. The number of likely N-dealkylation sites (tertiary alicyclic amines) is 1. The number of carbonyl (C=O) groups is 2. The molecule has 2 aliphatic rings. The summed E-state index contributed by atoms with van der Waals surface area (Å²) in [5.41, 5.74) is 1.10. The normalized spacial score (nSPS) is 20.9. The van der Waals surface area contributed by atoms with Gasteiger partial charge in [0, 0.05) is 31.8 Å². The van der Waals surface area contributed by atoms with E-state index in [2.05, 4.69) is 10.6 Å². The molecule has 2 heterocycles. The molecular weight excluding hydrogens is 374 g/mol. The lowest BCUT2D eigenvalue weighted by Gasteiger charge is -2.39. The Kier molecular flexibility index (Phi) is 7.24. The molecule has 1 atom stereocenters. The van der Waals surface area contributed by atoms with Crippen molar-refractivity contribution in [3.8, 4) is 5.75 Å². The van der Waals surface area contributed by atoms with Crippen LogP contribution in [0.25, 0.3) is 0 Å². The van der Waals surface area contributed by atoms with E-state index in [4.69, 9.17) is 4.74 Å². The zero-order valence-corrected chi connectivity index (χ0v) is 17.6. The average molecular weight is 406 g/mol. The molecule has 7 heteroatoms. The van der Waals surface area contributed by atoms with Crippen molar-refractivity contribution in [1.29, 1.82) is 0 Å². The van der Waals surface area contributed by atoms with Crippen LogP contribution >= 0.6 is 11.8 Å². The highest BCUT2D eigenvalue weighted by Gasteiger charge is 2.44. The Hall–Kier alpha value is -1.73. The number of amides is 2. The number of ether oxygens (including phenoxy) is 1. The van der Waals surface area contributed by atoms with E-state index in [9.17, 15) is 9.59 Å². The summed E-state index contributed by atoms with van der Waals surface area (Å²) < 4.78 is 5.36. The Labute approximate surface area is 171 Å². The molecule has 0 saturated carbocycles. The van der Waals surface area contributed by atoms with Crippen molar-refractivity contribution in [2.24, 2.45) is 0 Å². The van der Waals surface area contributed by atoms with Gasteiger partial charge in [-0.2, -0.15) is 0 Å². The third-order valence-electron chi connectivity index (χ3n) is 5.55. The van der Waals surface area contributed by atoms with Crippen molar-refractivity contribution >= 4 is 23.6 Å². The second kappa shape index (κ2) is 9.65. The van der Waals surface area contributed by atoms with Gasteiger partial charge in [0.15, 0.2) is 0 Å². The van der Waals surface area contributed by atoms with Crippen LogP contribution < -0.4 is 15.4 Å². The highest BCUT2D eigenvalue weighted by molar-refractivity contribution is 8.01. The third kappa shape index (κ3) is 5.00. The number of para-hydroxylation sites is 1. The van der Waals surface area contributed by atoms with E-state index in [0.717, 1.165) is 55.8 Å². The monoisotopic (exact) mass is 405 g/mol. The zero-order chi connectivity index (χ0) is 20.0. The van der Waals surface area contributed by atoms with Gasteiger partial charge in [0.1, 0.15) is 5.75 Å². The molecule has 1 unspecified atom stereocenters. The maximum absolute atomic E-state index is 12.6. The van der Waals surface area contributed by atoms with E-state index in [1.807, 2.05) is 47.9 Å². The molecule has 0 radical (unpaired) electrons. The molecule has 0 bridgehead atoms. The molecule has 6 nitrogen and oxygen atoms in total. The highest BCUT2D eigenvalue weighted by Crippen LogP contribution is 2.39. The lowest BCUT2D eigenvalue weighted by molar-refractivity contribution is -0.132. The van der Waals surface area contributed by atoms with Crippen molar-refractivity contribution in [1.82, 2.24) is 15.5 Å². The fourth-order valence-corrected chi connectivity index (χ4v) is 5.33. The molecule has 1 aromatic carbocycles. The standard InChI is InChI=1S/C21H31N3O3S/c1-3-6-19(25)24-13-10-21(11-14-24)23-17(15-28-21)20(26)22-12-9-16-7-4-5-8-18(16)27-2/h4-5,7-8,17,23H,3,6,9-15H2,1-2H3,(H,22,26). The number of nitrogens with zero attached hydrogens (tertiary/aromatic N) is 1. The third-order valence-corrected chi connectivity index (χ3v) is 7.13. The second-order valence-electron chi connectivity index (χ2n) is 7.49. The number of nitrogens with one attached hydrogen (secondary N) is 2. The van der Waals surface area contributed by atoms with Gasteiger partial charge in [-0.1, -0.05) is 25.1 Å². The Balaban J connectivity index is 1.44. The summed E-state index contributed by atoms with van der Waals surface area (Å²) in [7, 11) is 1.66. The minimum absolute atomic E-state index is 0.0590. The molecule has 2 aliphatic heterocycles. The maximum Gasteiger partial charge on any atom is 0.238 e. The van der Waals surface area contributed by atoms with Gasteiger partial charge in [-0.05, 0) is 37.3 Å². The number of rotatable bonds is 7. The first-order valence-electron chi connectivity index (χ1n) is 10.2. The van der Waals surface area contributed by atoms with Crippen molar-refractivity contribution in [2.75, 3.05) is 32.5 Å². The van der Waals surface area contributed by atoms with Gasteiger partial charge in [0.05, 0.1) is 18.0 Å². The lowest BCUT2D eigenvalue weighted by atomic mass is 10.0. The molecule has 154 valence electrons. The van der Waals surface area contributed by atoms with Crippen LogP contribution in [-0.4, -0.2) is 60.1 Å². The van der Waals surface area contributed by atoms with Crippen LogP contribution in [0.4, 0.5) is 0 Å². The van der Waals surface area contributed by atoms with E-state index in [1.54, 1.807) is 7.11 Å². The number of piperidine rings is 1. The number of carbonyl (C=O) groups excluding carboxylic acids is 2. The maximum atomic E-state index is 12.6. The first-order chi connectivity index (χ1) is 13.6. The summed E-state index contributed by atoms with van der Waals surface area (Å²) in [6.07, 6.45) is 4.07. The van der Waals surface area contributed by atoms with Crippen LogP contribution in [0.2, 0.25) is 0 Å². The van der Waals surface area contributed by atoms with E-state index in [1.165, 1.54) is 0 Å². The van der Waals surface area contributed by atoms with Crippen molar-refractivity contribution < 1.29 is 14.3 Å². The molecule has 0 aromatic heterocycles.